The molecule has 0 fully saturated rings. The molecule has 0 heterocycles. The molecule has 39 heavy (non-hydrogen) atoms. The minimum absolute atomic E-state index is 0. The molecule has 12 nitrogen and oxygen atoms in total. The number of rotatable bonds is 7. The van der Waals surface area contributed by atoms with Crippen LogP contribution in [0.2, 0.25) is 0 Å². The third-order valence-electron chi connectivity index (χ3n) is 5.00. The molecule has 0 unspecified atom stereocenters. The van der Waals surface area contributed by atoms with E-state index in [1.165, 1.54) is 36.4 Å². The fourth-order valence-corrected chi connectivity index (χ4v) is 5.64. The molecule has 0 aliphatic heterocycles. The second-order valence-electron chi connectivity index (χ2n) is 7.50. The average molecular weight is 608 g/mol. The van der Waals surface area contributed by atoms with Gasteiger partial charge in [0, 0.05) is 0 Å². The Morgan fingerprint density at radius 3 is 1.79 bits per heavy atom. The summed E-state index contributed by atoms with van der Waals surface area (Å²) in [5.74, 6) is -0.993. The number of anilines is 1. The van der Waals surface area contributed by atoms with E-state index in [2.05, 4.69) is 15.0 Å². The van der Waals surface area contributed by atoms with Gasteiger partial charge < -0.3 is 14.2 Å². The first kappa shape index (κ1) is 33.3. The van der Waals surface area contributed by atoms with Crippen molar-refractivity contribution in [2.24, 2.45) is 10.2 Å². The van der Waals surface area contributed by atoms with Crippen LogP contribution in [0.1, 0.15) is 0 Å². The Morgan fingerprint density at radius 1 is 0.692 bits per heavy atom. The Hall–Kier alpha value is -1.89. The minimum atomic E-state index is -5.32. The van der Waals surface area contributed by atoms with Gasteiger partial charge in [-0.05, 0) is 47.9 Å². The number of benzene rings is 4. The smallest absolute Gasteiger partial charge is 0.744 e. The molecule has 0 saturated carbocycles. The van der Waals surface area contributed by atoms with Gasteiger partial charge in [0.05, 0.1) is 31.4 Å². The summed E-state index contributed by atoms with van der Waals surface area (Å²) in [5.41, 5.74) is -1.17. The van der Waals surface area contributed by atoms with E-state index in [4.69, 9.17) is 0 Å². The Bertz CT molecular complexity index is 1870. The molecule has 0 radical (unpaired) electrons. The molecule has 0 aliphatic carbocycles. The number of azo groups is 1. The summed E-state index contributed by atoms with van der Waals surface area (Å²) in [5, 5.41) is 17.6. The maximum absolute atomic E-state index is 12.9. The van der Waals surface area contributed by atoms with Crippen molar-refractivity contribution in [1.29, 1.82) is 0 Å². The van der Waals surface area contributed by atoms with Crippen molar-refractivity contribution < 1.29 is 98.6 Å². The van der Waals surface area contributed by atoms with E-state index in [1.54, 1.807) is 24.3 Å². The van der Waals surface area contributed by atoms with E-state index in [-0.39, 0.29) is 69.7 Å². The predicted molar refractivity (Wildman–Crippen MR) is 129 cm³/mol. The largest absolute Gasteiger partial charge is 1.00 e. The maximum atomic E-state index is 12.9. The summed E-state index contributed by atoms with van der Waals surface area (Å²) >= 11 is 0. The fraction of sp³-hybridized carbons (Fsp3) is 0. The SMILES string of the molecule is O=S(=O)([O-])c1cc(NS(=O)(=O)c2ccccc2)c2c(O)c(N=Nc3ccccc3)c(S(=O)(=O)[O-])cc2c1.[Na+].[Na+]. The molecule has 0 atom stereocenters. The van der Waals surface area contributed by atoms with Gasteiger partial charge >= 0.3 is 59.1 Å². The number of nitrogens with zero attached hydrogens (tertiary/aromatic N) is 2. The summed E-state index contributed by atoms with van der Waals surface area (Å²) in [6.45, 7) is 0. The molecule has 0 amide bonds. The molecule has 17 heteroatoms. The standard InChI is InChI=1S/C22H17N3O9S3.2Na/c26-22-20-14(12-19(37(32,33)34)21(22)24-23-15-7-3-1-4-8-15)11-17(36(29,30)31)13-18(20)25-35(27,28)16-9-5-2-6-10-16;;/h1-13,25-26H,(H,29,30,31)(H,32,33,34);;/q;2*+1/p-2. The zero-order chi connectivity index (χ0) is 27.0. The van der Waals surface area contributed by atoms with Gasteiger partial charge in [0.15, 0.2) is 5.75 Å². The molecule has 0 saturated heterocycles. The van der Waals surface area contributed by atoms with Gasteiger partial charge in [-0.1, -0.05) is 36.4 Å². The normalized spacial score (nSPS) is 12.1. The number of fused-ring (bicyclic) bond motifs is 1. The minimum Gasteiger partial charge on any atom is -0.744 e. The molecule has 0 aliphatic rings. The van der Waals surface area contributed by atoms with Crippen molar-refractivity contribution in [3.63, 3.8) is 0 Å². The van der Waals surface area contributed by atoms with Gasteiger partial charge in [0.2, 0.25) is 0 Å². The second-order valence-corrected chi connectivity index (χ2v) is 11.9. The molecular formula is C22H15N3Na2O9S3. The van der Waals surface area contributed by atoms with Gasteiger partial charge in [-0.3, -0.25) is 4.72 Å². The maximum Gasteiger partial charge on any atom is 1.00 e. The molecule has 4 rings (SSSR count). The zero-order valence-corrected chi connectivity index (χ0v) is 26.8. The number of hydrogen-bond acceptors (Lipinski definition) is 11. The van der Waals surface area contributed by atoms with Crippen molar-refractivity contribution in [1.82, 2.24) is 0 Å². The summed E-state index contributed by atoms with van der Waals surface area (Å²) in [4.78, 5) is -2.26. The van der Waals surface area contributed by atoms with Crippen LogP contribution in [0.4, 0.5) is 17.1 Å². The quantitative estimate of drug-likeness (QED) is 0.130. The van der Waals surface area contributed by atoms with Crippen LogP contribution in [0.15, 0.2) is 104 Å². The van der Waals surface area contributed by atoms with Crippen molar-refractivity contribution in [2.45, 2.75) is 14.7 Å². The van der Waals surface area contributed by atoms with Crippen LogP contribution >= 0.6 is 0 Å². The molecule has 0 spiro atoms. The van der Waals surface area contributed by atoms with Crippen LogP contribution in [0.3, 0.4) is 0 Å². The van der Waals surface area contributed by atoms with Gasteiger partial charge in [0.25, 0.3) is 10.0 Å². The molecule has 192 valence electrons. The monoisotopic (exact) mass is 607 g/mol. The van der Waals surface area contributed by atoms with Gasteiger partial charge in [-0.25, -0.2) is 25.3 Å². The molecule has 0 aromatic heterocycles. The van der Waals surface area contributed by atoms with Gasteiger partial charge in [0.1, 0.15) is 25.9 Å². The summed E-state index contributed by atoms with van der Waals surface area (Å²) in [7, 11) is -14.9. The van der Waals surface area contributed by atoms with Crippen LogP contribution in [0, 0.1) is 0 Å². The van der Waals surface area contributed by atoms with Crippen molar-refractivity contribution in [2.75, 3.05) is 4.72 Å². The molecule has 4 aromatic carbocycles. The molecular weight excluding hydrogens is 592 g/mol. The van der Waals surface area contributed by atoms with E-state index in [1.807, 2.05) is 0 Å². The number of hydrogen-bond donors (Lipinski definition) is 2. The second kappa shape index (κ2) is 12.7. The van der Waals surface area contributed by atoms with Gasteiger partial charge in [-0.15, -0.1) is 5.11 Å². The third-order valence-corrected chi connectivity index (χ3v) is 8.05. The molecule has 0 bridgehead atoms. The van der Waals surface area contributed by atoms with E-state index in [0.29, 0.717) is 18.2 Å². The number of phenolic OH excluding ortho intramolecular Hbond substituents is 1. The van der Waals surface area contributed by atoms with Crippen molar-refractivity contribution in [3.8, 4) is 5.75 Å². The average Bonchev–Trinajstić information content (AvgIpc) is 2.83. The van der Waals surface area contributed by atoms with Crippen LogP contribution in [-0.2, 0) is 30.3 Å². The first-order valence-electron chi connectivity index (χ1n) is 10.1. The van der Waals surface area contributed by atoms with E-state index < -0.39 is 67.9 Å². The fourth-order valence-electron chi connectivity index (χ4n) is 3.38. The third kappa shape index (κ3) is 7.65. The Labute approximate surface area is 268 Å². The summed E-state index contributed by atoms with van der Waals surface area (Å²) < 4.78 is 99.2. The Balaban J connectivity index is 0.00000267. The summed E-state index contributed by atoms with van der Waals surface area (Å²) in [6, 6.07) is 16.8. The summed E-state index contributed by atoms with van der Waals surface area (Å²) in [6.07, 6.45) is 0. The number of sulfonamides is 1. The van der Waals surface area contributed by atoms with Crippen molar-refractivity contribution >= 4 is 58.1 Å². The molecule has 4 aromatic rings. The molecule has 2 N–H and O–H groups in total. The first-order chi connectivity index (χ1) is 17.3. The number of phenols is 1. The van der Waals surface area contributed by atoms with Gasteiger partial charge in [-0.2, -0.15) is 5.11 Å². The van der Waals surface area contributed by atoms with E-state index >= 15 is 0 Å². The van der Waals surface area contributed by atoms with Crippen LogP contribution in [0.5, 0.6) is 5.75 Å². The Morgan fingerprint density at radius 2 is 1.26 bits per heavy atom. The first-order valence-corrected chi connectivity index (χ1v) is 14.4. The van der Waals surface area contributed by atoms with Crippen molar-refractivity contribution in [3.05, 3.63) is 78.9 Å². The van der Waals surface area contributed by atoms with E-state index in [9.17, 15) is 39.5 Å². The van der Waals surface area contributed by atoms with Crippen LogP contribution < -0.4 is 63.8 Å². The Kier molecular flexibility index (Phi) is 10.9. The van der Waals surface area contributed by atoms with Crippen LogP contribution in [0.25, 0.3) is 10.8 Å². The number of nitrogens with one attached hydrogen (secondary N) is 1. The van der Waals surface area contributed by atoms with E-state index in [0.717, 1.165) is 0 Å². The number of aromatic hydroxyl groups is 1. The zero-order valence-electron chi connectivity index (χ0n) is 20.3. The van der Waals surface area contributed by atoms with Crippen LogP contribution in [-0.4, -0.2) is 39.5 Å². The topological polar surface area (TPSA) is 206 Å². The predicted octanol–water partition coefficient (Wildman–Crippen LogP) is -2.42.